The second-order valence-corrected chi connectivity index (χ2v) is 8.39. The van der Waals surface area contributed by atoms with E-state index in [2.05, 4.69) is 0 Å². The first-order valence-electron chi connectivity index (χ1n) is 9.01. The van der Waals surface area contributed by atoms with Crippen molar-refractivity contribution in [2.45, 2.75) is 23.4 Å². The van der Waals surface area contributed by atoms with Gasteiger partial charge in [-0.05, 0) is 36.8 Å². The zero-order chi connectivity index (χ0) is 20.0. The monoisotopic (exact) mass is 415 g/mol. The maximum atomic E-state index is 13.6. The van der Waals surface area contributed by atoms with E-state index < -0.39 is 21.6 Å². The molecule has 0 bridgehead atoms. The van der Waals surface area contributed by atoms with Crippen molar-refractivity contribution in [3.8, 4) is 0 Å². The SMILES string of the molecule is CCO[C@H]([C@H](Cl)c1ccccc1)N(c1ccccc1)S(=O)(=O)c1ccccc1. The number of benzene rings is 3. The molecule has 0 spiro atoms. The van der Waals surface area contributed by atoms with Crippen molar-refractivity contribution >= 4 is 27.3 Å². The quantitative estimate of drug-likeness (QED) is 0.374. The molecule has 0 aliphatic carbocycles. The Kier molecular flexibility index (Phi) is 6.73. The minimum Gasteiger partial charge on any atom is -0.356 e. The Balaban J connectivity index is 2.14. The normalized spacial score (nSPS) is 13.6. The number of para-hydroxylation sites is 1. The highest BCUT2D eigenvalue weighted by molar-refractivity contribution is 7.92. The third-order valence-corrected chi connectivity index (χ3v) is 6.52. The van der Waals surface area contributed by atoms with Gasteiger partial charge in [0.2, 0.25) is 0 Å². The standard InChI is InChI=1S/C22H22ClNO3S/c1-2-27-22(21(23)18-12-6-3-7-13-18)24(19-14-8-4-9-15-19)28(25,26)20-16-10-5-11-17-20/h3-17,21-22H,2H2,1H3/t21-,22-/m1/s1. The van der Waals surface area contributed by atoms with Crippen LogP contribution in [0.25, 0.3) is 0 Å². The predicted octanol–water partition coefficient (Wildman–Crippen LogP) is 5.22. The average molecular weight is 416 g/mol. The summed E-state index contributed by atoms with van der Waals surface area (Å²) < 4.78 is 34.3. The molecule has 0 radical (unpaired) electrons. The lowest BCUT2D eigenvalue weighted by Crippen LogP contribution is -2.44. The molecule has 0 saturated carbocycles. The van der Waals surface area contributed by atoms with Crippen LogP contribution >= 0.6 is 11.6 Å². The molecule has 0 N–H and O–H groups in total. The van der Waals surface area contributed by atoms with Crippen LogP contribution in [0.5, 0.6) is 0 Å². The maximum Gasteiger partial charge on any atom is 0.266 e. The van der Waals surface area contributed by atoms with Crippen LogP contribution in [0.2, 0.25) is 0 Å². The molecule has 3 rings (SSSR count). The Labute approximate surface area is 171 Å². The zero-order valence-corrected chi connectivity index (χ0v) is 17.1. The van der Waals surface area contributed by atoms with E-state index in [-0.39, 0.29) is 4.90 Å². The highest BCUT2D eigenvalue weighted by atomic mass is 35.5. The van der Waals surface area contributed by atoms with E-state index >= 15 is 0 Å². The minimum absolute atomic E-state index is 0.181. The van der Waals surface area contributed by atoms with Crippen LogP contribution in [0, 0.1) is 0 Å². The van der Waals surface area contributed by atoms with E-state index in [1.807, 2.05) is 43.3 Å². The van der Waals surface area contributed by atoms with E-state index in [0.29, 0.717) is 12.3 Å². The number of halogens is 1. The molecule has 28 heavy (non-hydrogen) atoms. The Bertz CT molecular complexity index is 966. The zero-order valence-electron chi connectivity index (χ0n) is 15.5. The maximum absolute atomic E-state index is 13.6. The predicted molar refractivity (Wildman–Crippen MR) is 113 cm³/mol. The summed E-state index contributed by atoms with van der Waals surface area (Å²) in [6.45, 7) is 2.13. The number of nitrogens with zero attached hydrogens (tertiary/aromatic N) is 1. The Hall–Kier alpha value is -2.34. The van der Waals surface area contributed by atoms with Crippen molar-refractivity contribution in [1.82, 2.24) is 0 Å². The van der Waals surface area contributed by atoms with Crippen LogP contribution in [-0.4, -0.2) is 21.3 Å². The van der Waals surface area contributed by atoms with Gasteiger partial charge in [0.1, 0.15) is 5.38 Å². The van der Waals surface area contributed by atoms with Crippen LogP contribution in [0.4, 0.5) is 5.69 Å². The van der Waals surface area contributed by atoms with Crippen molar-refractivity contribution in [2.24, 2.45) is 0 Å². The summed E-state index contributed by atoms with van der Waals surface area (Å²) in [5.41, 5.74) is 1.28. The summed E-state index contributed by atoms with van der Waals surface area (Å²) in [6, 6.07) is 26.5. The summed E-state index contributed by atoms with van der Waals surface area (Å²) in [7, 11) is -3.90. The summed E-state index contributed by atoms with van der Waals surface area (Å²) in [5, 5.41) is -0.695. The first kappa shape index (κ1) is 20.4. The number of hydrogen-bond donors (Lipinski definition) is 0. The first-order chi connectivity index (χ1) is 13.6. The van der Waals surface area contributed by atoms with E-state index in [9.17, 15) is 8.42 Å². The Morgan fingerprint density at radius 2 is 1.36 bits per heavy atom. The van der Waals surface area contributed by atoms with Gasteiger partial charge in [0.25, 0.3) is 10.0 Å². The van der Waals surface area contributed by atoms with E-state index in [1.165, 1.54) is 4.31 Å². The molecule has 0 unspecified atom stereocenters. The third kappa shape index (κ3) is 4.38. The molecule has 146 valence electrons. The summed E-state index contributed by atoms with van der Waals surface area (Å²) in [4.78, 5) is 0.181. The van der Waals surface area contributed by atoms with Crippen LogP contribution < -0.4 is 4.31 Å². The number of anilines is 1. The summed E-state index contributed by atoms with van der Waals surface area (Å²) >= 11 is 6.76. The topological polar surface area (TPSA) is 46.6 Å². The molecule has 6 heteroatoms. The van der Waals surface area contributed by atoms with Crippen LogP contribution in [0.3, 0.4) is 0 Å². The second kappa shape index (κ2) is 9.24. The molecule has 2 atom stereocenters. The van der Waals surface area contributed by atoms with E-state index in [0.717, 1.165) is 5.56 Å². The number of alkyl halides is 1. The second-order valence-electron chi connectivity index (χ2n) is 6.11. The Morgan fingerprint density at radius 3 is 1.89 bits per heavy atom. The number of sulfonamides is 1. The molecule has 0 saturated heterocycles. The van der Waals surface area contributed by atoms with Gasteiger partial charge in [-0.25, -0.2) is 12.7 Å². The molecule has 4 nitrogen and oxygen atoms in total. The van der Waals surface area contributed by atoms with Gasteiger partial charge in [0.15, 0.2) is 6.23 Å². The molecule has 3 aromatic rings. The van der Waals surface area contributed by atoms with Gasteiger partial charge in [-0.15, -0.1) is 11.6 Å². The summed E-state index contributed by atoms with van der Waals surface area (Å²) in [5.74, 6) is 0. The third-order valence-electron chi connectivity index (χ3n) is 4.25. The summed E-state index contributed by atoms with van der Waals surface area (Å²) in [6.07, 6.45) is -0.915. The molecule has 0 fully saturated rings. The molecule has 0 aliphatic rings. The number of rotatable bonds is 8. The van der Waals surface area contributed by atoms with Gasteiger partial charge in [-0.3, -0.25) is 0 Å². The van der Waals surface area contributed by atoms with Gasteiger partial charge in [-0.2, -0.15) is 0 Å². The lowest BCUT2D eigenvalue weighted by molar-refractivity contribution is 0.0681. The lowest BCUT2D eigenvalue weighted by atomic mass is 10.1. The van der Waals surface area contributed by atoms with Crippen molar-refractivity contribution in [1.29, 1.82) is 0 Å². The number of ether oxygens (including phenoxy) is 1. The molecule has 3 aromatic carbocycles. The fraction of sp³-hybridized carbons (Fsp3) is 0.182. The van der Waals surface area contributed by atoms with Crippen LogP contribution in [0.1, 0.15) is 17.9 Å². The highest BCUT2D eigenvalue weighted by Crippen LogP contribution is 2.35. The van der Waals surface area contributed by atoms with E-state index in [4.69, 9.17) is 16.3 Å². The Morgan fingerprint density at radius 1 is 0.857 bits per heavy atom. The van der Waals surface area contributed by atoms with Crippen molar-refractivity contribution < 1.29 is 13.2 Å². The van der Waals surface area contributed by atoms with Gasteiger partial charge < -0.3 is 4.74 Å². The molecule has 0 heterocycles. The van der Waals surface area contributed by atoms with Crippen molar-refractivity contribution in [2.75, 3.05) is 10.9 Å². The molecular formula is C22H22ClNO3S. The lowest BCUT2D eigenvalue weighted by Gasteiger charge is -2.35. The van der Waals surface area contributed by atoms with Gasteiger partial charge in [0.05, 0.1) is 10.6 Å². The van der Waals surface area contributed by atoms with Gasteiger partial charge in [-0.1, -0.05) is 66.7 Å². The molecular weight excluding hydrogens is 394 g/mol. The van der Waals surface area contributed by atoms with Gasteiger partial charge in [0, 0.05) is 6.61 Å². The molecule has 0 aliphatic heterocycles. The van der Waals surface area contributed by atoms with Crippen LogP contribution in [0.15, 0.2) is 95.9 Å². The fourth-order valence-electron chi connectivity index (χ4n) is 2.95. The van der Waals surface area contributed by atoms with Crippen molar-refractivity contribution in [3.05, 3.63) is 96.6 Å². The average Bonchev–Trinajstić information content (AvgIpc) is 2.75. The van der Waals surface area contributed by atoms with E-state index in [1.54, 1.807) is 54.6 Å². The van der Waals surface area contributed by atoms with Crippen LogP contribution in [-0.2, 0) is 14.8 Å². The highest BCUT2D eigenvalue weighted by Gasteiger charge is 2.37. The van der Waals surface area contributed by atoms with Gasteiger partial charge >= 0.3 is 0 Å². The smallest absolute Gasteiger partial charge is 0.266 e. The molecule has 0 aromatic heterocycles. The minimum atomic E-state index is -3.90. The first-order valence-corrected chi connectivity index (χ1v) is 10.9. The largest absolute Gasteiger partial charge is 0.356 e. The number of hydrogen-bond acceptors (Lipinski definition) is 3. The molecule has 0 amide bonds. The fourth-order valence-corrected chi connectivity index (χ4v) is 4.93. The van der Waals surface area contributed by atoms with Crippen molar-refractivity contribution in [3.63, 3.8) is 0 Å².